The van der Waals surface area contributed by atoms with Gasteiger partial charge in [0.1, 0.15) is 11.4 Å². The minimum Gasteiger partial charge on any atom is -0.493 e. The van der Waals surface area contributed by atoms with Crippen molar-refractivity contribution in [3.63, 3.8) is 0 Å². The van der Waals surface area contributed by atoms with Crippen LogP contribution in [0.3, 0.4) is 0 Å². The van der Waals surface area contributed by atoms with Crippen LogP contribution < -0.4 is 26.5 Å². The molecule has 0 spiro atoms. The molecule has 0 saturated heterocycles. The number of nitrogens with two attached hydrogens (primary N) is 1. The smallest absolute Gasteiger partial charge is 0.338 e. The number of methoxy groups -OCH3 is 1. The molecule has 0 unspecified atom stereocenters. The summed E-state index contributed by atoms with van der Waals surface area (Å²) in [6, 6.07) is 4.53. The van der Waals surface area contributed by atoms with E-state index in [2.05, 4.69) is 13.8 Å². The third-order valence-corrected chi connectivity index (χ3v) is 5.00. The lowest BCUT2D eigenvalue weighted by Crippen LogP contribution is -2.43. The van der Waals surface area contributed by atoms with Gasteiger partial charge in [0.2, 0.25) is 5.78 Å². The van der Waals surface area contributed by atoms with Crippen molar-refractivity contribution in [1.82, 2.24) is 9.13 Å². The first-order valence-corrected chi connectivity index (χ1v) is 10.7. The number of anilines is 1. The second kappa shape index (κ2) is 11.3. The maximum absolute atomic E-state index is 12.7. The van der Waals surface area contributed by atoms with E-state index in [1.165, 1.54) is 26.3 Å². The first kappa shape index (κ1) is 25.7. The number of aromatic nitrogens is 2. The lowest BCUT2D eigenvalue weighted by Gasteiger charge is -2.14. The number of nitrogen functional groups attached to an aromatic ring is 1. The fourth-order valence-electron chi connectivity index (χ4n) is 3.09. The summed E-state index contributed by atoms with van der Waals surface area (Å²) in [6.07, 6.45) is 1.44. The van der Waals surface area contributed by atoms with Gasteiger partial charge < -0.3 is 19.9 Å². The van der Waals surface area contributed by atoms with Crippen LogP contribution in [0.15, 0.2) is 27.8 Å². The first-order valence-electron chi connectivity index (χ1n) is 10.7. The molecule has 0 fully saturated rings. The number of ketones is 1. The molecule has 10 heteroatoms. The Morgan fingerprint density at radius 1 is 1.15 bits per heavy atom. The number of Topliss-reactive ketones (excluding diaryl/α,β-unsaturated/α-hetero) is 1. The van der Waals surface area contributed by atoms with E-state index in [4.69, 9.17) is 19.9 Å². The zero-order valence-corrected chi connectivity index (χ0v) is 19.7. The van der Waals surface area contributed by atoms with Gasteiger partial charge in [0.25, 0.3) is 5.56 Å². The van der Waals surface area contributed by atoms with Gasteiger partial charge in [0, 0.05) is 13.6 Å². The molecule has 0 amide bonds. The summed E-state index contributed by atoms with van der Waals surface area (Å²) in [7, 11) is 2.71. The van der Waals surface area contributed by atoms with Gasteiger partial charge in [-0.1, -0.05) is 20.8 Å². The highest BCUT2D eigenvalue weighted by atomic mass is 16.5. The van der Waals surface area contributed by atoms with E-state index in [0.717, 1.165) is 15.6 Å². The largest absolute Gasteiger partial charge is 0.493 e. The molecule has 180 valence electrons. The zero-order valence-electron chi connectivity index (χ0n) is 19.7. The van der Waals surface area contributed by atoms with Crippen molar-refractivity contribution in [2.24, 2.45) is 13.0 Å². The lowest BCUT2D eigenvalue weighted by atomic mass is 10.1. The number of carbonyl (C=O) groups excluding carboxylic acids is 2. The monoisotopic (exact) mass is 461 g/mol. The fourth-order valence-corrected chi connectivity index (χ4v) is 3.09. The van der Waals surface area contributed by atoms with Crippen molar-refractivity contribution in [3.05, 3.63) is 50.2 Å². The Morgan fingerprint density at radius 2 is 1.85 bits per heavy atom. The Kier molecular flexibility index (Phi) is 8.84. The summed E-state index contributed by atoms with van der Waals surface area (Å²) in [4.78, 5) is 49.8. The van der Waals surface area contributed by atoms with Crippen LogP contribution in [0.4, 0.5) is 5.82 Å². The summed E-state index contributed by atoms with van der Waals surface area (Å²) in [6.45, 7) is 6.03. The maximum Gasteiger partial charge on any atom is 0.338 e. The van der Waals surface area contributed by atoms with E-state index in [1.54, 1.807) is 6.07 Å². The SMILES string of the molecule is CCCn1c(N)c(C(=O)COC(=O)c2ccc(OCCC(C)C)c(OC)c2)c(=O)n(C)c1=O. The predicted molar refractivity (Wildman–Crippen MR) is 123 cm³/mol. The van der Waals surface area contributed by atoms with Gasteiger partial charge in [0.05, 0.1) is 19.3 Å². The molecule has 0 aliphatic rings. The fraction of sp³-hybridized carbons (Fsp3) is 0.478. The standard InChI is InChI=1S/C23H31N3O7/c1-6-10-26-20(24)19(21(28)25(4)23(26)30)16(27)13-33-22(29)15-7-8-17(18(12-15)31-5)32-11-9-14(2)3/h7-8,12,14H,6,9-11,13,24H2,1-5H3. The number of nitrogens with zero attached hydrogens (tertiary/aromatic N) is 2. The molecule has 1 aromatic carbocycles. The van der Waals surface area contributed by atoms with Crippen molar-refractivity contribution in [2.45, 2.75) is 40.2 Å². The van der Waals surface area contributed by atoms with Crippen molar-refractivity contribution in [1.29, 1.82) is 0 Å². The van der Waals surface area contributed by atoms with E-state index in [-0.39, 0.29) is 23.5 Å². The van der Waals surface area contributed by atoms with E-state index < -0.39 is 29.6 Å². The van der Waals surface area contributed by atoms with Crippen LogP contribution in [0, 0.1) is 5.92 Å². The number of hydrogen-bond donors (Lipinski definition) is 1. The van der Waals surface area contributed by atoms with Crippen LogP contribution in [-0.2, 0) is 18.3 Å². The number of benzene rings is 1. The van der Waals surface area contributed by atoms with Gasteiger partial charge in [-0.2, -0.15) is 0 Å². The van der Waals surface area contributed by atoms with Crippen LogP contribution in [0.5, 0.6) is 11.5 Å². The maximum atomic E-state index is 12.7. The van der Waals surface area contributed by atoms with Crippen LogP contribution in [0.2, 0.25) is 0 Å². The molecule has 0 aliphatic carbocycles. The van der Waals surface area contributed by atoms with Crippen molar-refractivity contribution in [3.8, 4) is 11.5 Å². The predicted octanol–water partition coefficient (Wildman–Crippen LogP) is 2.01. The molecule has 1 aromatic heterocycles. The Hall–Kier alpha value is -3.56. The lowest BCUT2D eigenvalue weighted by molar-refractivity contribution is 0.0473. The molecule has 0 bridgehead atoms. The number of ether oxygens (including phenoxy) is 3. The van der Waals surface area contributed by atoms with Crippen LogP contribution in [-0.4, -0.2) is 41.2 Å². The summed E-state index contributed by atoms with van der Waals surface area (Å²) < 4.78 is 18.0. The summed E-state index contributed by atoms with van der Waals surface area (Å²) in [5, 5.41) is 0. The van der Waals surface area contributed by atoms with Crippen LogP contribution in [0.1, 0.15) is 54.3 Å². The van der Waals surface area contributed by atoms with Gasteiger partial charge in [-0.3, -0.25) is 18.7 Å². The molecule has 0 atom stereocenters. The van der Waals surface area contributed by atoms with Gasteiger partial charge >= 0.3 is 11.7 Å². The molecule has 1 heterocycles. The molecule has 2 rings (SSSR count). The van der Waals surface area contributed by atoms with Gasteiger partial charge in [-0.25, -0.2) is 9.59 Å². The highest BCUT2D eigenvalue weighted by Crippen LogP contribution is 2.28. The number of carbonyl (C=O) groups is 2. The van der Waals surface area contributed by atoms with Crippen molar-refractivity contribution < 1.29 is 23.8 Å². The Labute approximate surface area is 191 Å². The van der Waals surface area contributed by atoms with Crippen molar-refractivity contribution >= 4 is 17.6 Å². The van der Waals surface area contributed by atoms with E-state index in [0.29, 0.717) is 30.4 Å². The summed E-state index contributed by atoms with van der Waals surface area (Å²) in [5.41, 5.74) is 4.24. The number of rotatable bonds is 11. The van der Waals surface area contributed by atoms with E-state index in [1.807, 2.05) is 6.92 Å². The molecule has 2 N–H and O–H groups in total. The van der Waals surface area contributed by atoms with Crippen LogP contribution in [0.25, 0.3) is 0 Å². The third-order valence-electron chi connectivity index (χ3n) is 5.00. The highest BCUT2D eigenvalue weighted by Gasteiger charge is 2.23. The van der Waals surface area contributed by atoms with Gasteiger partial charge in [-0.05, 0) is 37.0 Å². The number of hydrogen-bond acceptors (Lipinski definition) is 8. The van der Waals surface area contributed by atoms with Crippen molar-refractivity contribution in [2.75, 3.05) is 26.1 Å². The van der Waals surface area contributed by atoms with E-state index in [9.17, 15) is 19.2 Å². The minimum atomic E-state index is -0.838. The normalized spacial score (nSPS) is 10.8. The molecule has 10 nitrogen and oxygen atoms in total. The Bertz CT molecular complexity index is 1130. The summed E-state index contributed by atoms with van der Waals surface area (Å²) in [5.74, 6) is -0.505. The molecule has 2 aromatic rings. The van der Waals surface area contributed by atoms with E-state index >= 15 is 0 Å². The Morgan fingerprint density at radius 3 is 2.45 bits per heavy atom. The molecule has 0 saturated carbocycles. The molecule has 0 aliphatic heterocycles. The molecular weight excluding hydrogens is 430 g/mol. The summed E-state index contributed by atoms with van der Waals surface area (Å²) >= 11 is 0. The quantitative estimate of drug-likeness (QED) is 0.397. The van der Waals surface area contributed by atoms with Gasteiger partial charge in [-0.15, -0.1) is 0 Å². The third kappa shape index (κ3) is 6.03. The molecular formula is C23H31N3O7. The topological polar surface area (TPSA) is 132 Å². The average Bonchev–Trinajstić information content (AvgIpc) is 2.78. The minimum absolute atomic E-state index is 0.146. The average molecular weight is 462 g/mol. The molecule has 33 heavy (non-hydrogen) atoms. The second-order valence-corrected chi connectivity index (χ2v) is 7.95. The van der Waals surface area contributed by atoms with Crippen LogP contribution >= 0.6 is 0 Å². The zero-order chi connectivity index (χ0) is 24.7. The number of esters is 1. The van der Waals surface area contributed by atoms with Gasteiger partial charge in [0.15, 0.2) is 18.1 Å². The second-order valence-electron chi connectivity index (χ2n) is 7.95. The highest BCUT2D eigenvalue weighted by molar-refractivity contribution is 6.02. The molecule has 0 radical (unpaired) electrons. The Balaban J connectivity index is 2.17. The first-order chi connectivity index (χ1) is 15.6.